The molecule has 124 heavy (non-hydrogen) atoms. The molecule has 3 aromatic heterocycles. The monoisotopic (exact) mass is 1680 g/mol. The van der Waals surface area contributed by atoms with E-state index in [2.05, 4.69) is 249 Å². The summed E-state index contributed by atoms with van der Waals surface area (Å²) in [5.74, 6) is 9.92. The first kappa shape index (κ1) is 91.2. The van der Waals surface area contributed by atoms with E-state index in [1.165, 1.54) is 0 Å². The third-order valence-electron chi connectivity index (χ3n) is 26.7. The molecule has 0 fully saturated rings. The molecule has 658 valence electrons. The lowest BCUT2D eigenvalue weighted by Gasteiger charge is -2.32. The highest BCUT2D eigenvalue weighted by molar-refractivity contribution is 6.10. The Labute approximate surface area is 738 Å². The molecule has 13 rings (SSSR count). The standard InChI is InChI=1S/C108H138N8O8/c1-29-49-101(9,10)69-61-85(73(57-81(69)117-25)105(17,18)53-33-5)121-77-45-37-41-65-89(77)97-109-93(65)114-98-91-67(43-39-47-79(91)123-87-63-71(103(13,14)51-31-3)83(119-27)59-75(87)107(21,22)55-35-7)95(111-98)116-100-92-68(44-40-48-80(92)124-88-64-72(104(15,16)52-32-4)84(120-28)60-76(88)108(23,24)56-36-8)96(112-100)115-99-90-66(94(110-99)113-97)42-38-46-78(90)122-86-62-70(102(11,12)50-30-2)82(118-26)58-74(86)106(19,20)54-34-6/h37-48,57-64H,29-36,49-56H2,1-28H3,(H2,109,110,111,112,113,114,115,116). The summed E-state index contributed by atoms with van der Waals surface area (Å²) in [5.41, 5.74) is 10.4. The van der Waals surface area contributed by atoms with Crippen LogP contribution in [0.4, 0.5) is 0 Å². The van der Waals surface area contributed by atoms with Crippen LogP contribution in [0.15, 0.2) is 121 Å². The number of nitrogens with one attached hydrogen (secondary N) is 2. The van der Waals surface area contributed by atoms with Crippen LogP contribution in [0.5, 0.6) is 69.0 Å². The van der Waals surface area contributed by atoms with Crippen molar-refractivity contribution in [1.29, 1.82) is 0 Å². The summed E-state index contributed by atoms with van der Waals surface area (Å²) >= 11 is 0. The van der Waals surface area contributed by atoms with Gasteiger partial charge in [-0.15, -0.1) is 0 Å². The van der Waals surface area contributed by atoms with Gasteiger partial charge in [0.1, 0.15) is 91.6 Å². The average molecular weight is 1680 g/mol. The molecule has 0 radical (unpaired) electrons. The number of nitrogens with zero attached hydrogens (tertiary/aromatic N) is 6. The summed E-state index contributed by atoms with van der Waals surface area (Å²) in [6, 6.07) is 42.3. The van der Waals surface area contributed by atoms with Crippen LogP contribution in [0.3, 0.4) is 0 Å². The maximum atomic E-state index is 7.71. The van der Waals surface area contributed by atoms with Crippen molar-refractivity contribution < 1.29 is 37.9 Å². The van der Waals surface area contributed by atoms with Gasteiger partial charge in [0.05, 0.1) is 50.3 Å². The number of aromatic nitrogens is 8. The number of rotatable bonds is 36. The summed E-state index contributed by atoms with van der Waals surface area (Å²) in [6.45, 7) is 54.6. The molecule has 0 amide bonds. The fourth-order valence-corrected chi connectivity index (χ4v) is 20.2. The first-order valence-electron chi connectivity index (χ1n) is 45.8. The minimum atomic E-state index is -0.338. The Morgan fingerprint density at radius 1 is 0.234 bits per heavy atom. The minimum Gasteiger partial charge on any atom is -0.496 e. The number of fused-ring (bicyclic) bond motifs is 20. The van der Waals surface area contributed by atoms with Gasteiger partial charge in [0.15, 0.2) is 23.3 Å². The van der Waals surface area contributed by atoms with E-state index in [1.54, 1.807) is 28.4 Å². The number of methoxy groups -OCH3 is 4. The lowest BCUT2D eigenvalue weighted by molar-refractivity contribution is 0.373. The first-order valence-corrected chi connectivity index (χ1v) is 45.8. The highest BCUT2D eigenvalue weighted by Gasteiger charge is 2.39. The van der Waals surface area contributed by atoms with Gasteiger partial charge in [0.25, 0.3) is 0 Å². The second-order valence-electron chi connectivity index (χ2n) is 40.0. The molecular formula is C108H138N8O8. The fraction of sp³-hybridized carbons (Fsp3) is 0.481. The van der Waals surface area contributed by atoms with Gasteiger partial charge in [0.2, 0.25) is 0 Å². The van der Waals surface area contributed by atoms with Crippen molar-refractivity contribution >= 4 is 44.1 Å². The lowest BCUT2D eigenvalue weighted by atomic mass is 9.75. The van der Waals surface area contributed by atoms with Gasteiger partial charge in [-0.25, -0.2) is 29.9 Å². The molecule has 8 bridgehead atoms. The molecule has 0 aliphatic carbocycles. The molecule has 2 aliphatic heterocycles. The van der Waals surface area contributed by atoms with Crippen molar-refractivity contribution in [3.8, 4) is 115 Å². The molecule has 2 N–H and O–H groups in total. The van der Waals surface area contributed by atoms with E-state index in [9.17, 15) is 0 Å². The largest absolute Gasteiger partial charge is 0.496 e. The Bertz CT molecular complexity index is 5610. The zero-order valence-corrected chi connectivity index (χ0v) is 79.8. The number of H-pyrrole nitrogens is 2. The number of aromatic amines is 2. The van der Waals surface area contributed by atoms with Crippen molar-refractivity contribution in [2.24, 2.45) is 0 Å². The molecule has 0 unspecified atom stereocenters. The molecule has 0 atom stereocenters. The van der Waals surface area contributed by atoms with Crippen LogP contribution in [0.25, 0.3) is 89.7 Å². The third-order valence-corrected chi connectivity index (χ3v) is 26.7. The van der Waals surface area contributed by atoms with Crippen LogP contribution in [-0.4, -0.2) is 68.3 Å². The zero-order chi connectivity index (χ0) is 89.6. The molecule has 0 spiro atoms. The number of ether oxygens (including phenoxy) is 8. The van der Waals surface area contributed by atoms with Crippen LogP contribution < -0.4 is 37.9 Å². The summed E-state index contributed by atoms with van der Waals surface area (Å²) < 4.78 is 56.3. The second kappa shape index (κ2) is 35.9. The lowest BCUT2D eigenvalue weighted by Crippen LogP contribution is -2.22. The quantitative estimate of drug-likeness (QED) is 0.0378. The summed E-state index contributed by atoms with van der Waals surface area (Å²) in [7, 11) is 7.11. The molecule has 0 saturated heterocycles. The van der Waals surface area contributed by atoms with Crippen molar-refractivity contribution in [2.45, 2.75) is 312 Å². The van der Waals surface area contributed by atoms with Crippen LogP contribution in [0.1, 0.15) is 313 Å². The summed E-state index contributed by atoms with van der Waals surface area (Å²) in [4.78, 5) is 42.4. The van der Waals surface area contributed by atoms with E-state index >= 15 is 0 Å². The van der Waals surface area contributed by atoms with Crippen LogP contribution >= 0.6 is 0 Å². The smallest absolute Gasteiger partial charge is 0.168 e. The first-order chi connectivity index (χ1) is 58.9. The van der Waals surface area contributed by atoms with Gasteiger partial charge >= 0.3 is 0 Å². The Morgan fingerprint density at radius 2 is 0.444 bits per heavy atom. The maximum Gasteiger partial charge on any atom is 0.168 e. The highest BCUT2D eigenvalue weighted by Crippen LogP contribution is 2.55. The molecule has 16 nitrogen and oxygen atoms in total. The maximum absolute atomic E-state index is 7.71. The highest BCUT2D eigenvalue weighted by atomic mass is 16.5. The van der Waals surface area contributed by atoms with Gasteiger partial charge in [-0.1, -0.05) is 266 Å². The van der Waals surface area contributed by atoms with Gasteiger partial charge < -0.3 is 47.9 Å². The second-order valence-corrected chi connectivity index (χ2v) is 40.0. The Morgan fingerprint density at radius 3 is 0.685 bits per heavy atom. The Hall–Kier alpha value is -10.5. The molecule has 5 heterocycles. The molecule has 8 aromatic carbocycles. The van der Waals surface area contributed by atoms with E-state index in [0.29, 0.717) is 102 Å². The minimum absolute atomic E-state index is 0.270. The predicted octanol–water partition coefficient (Wildman–Crippen LogP) is 30.7. The average Bonchev–Trinajstić information content (AvgIpc) is 1.58. The molecule has 11 aromatic rings. The van der Waals surface area contributed by atoms with Gasteiger partial charge in [-0.3, -0.25) is 0 Å². The number of hydrogen-bond acceptors (Lipinski definition) is 14. The molecular weight excluding hydrogens is 1540 g/mol. The predicted molar refractivity (Wildman–Crippen MR) is 512 cm³/mol. The SMILES string of the molecule is CCCC(C)(C)c1cc(Oc2cccc3c2-c2nc-3nc3[nH]c(nc4nc(nc5[nH]c(n2)c2cccc(Oc6cc(C(C)(C)CCC)c(OC)cc6C(C)(C)CCC)c52)-c2cccc(Oc5cc(C(C)(C)CCC)c(OC)cc5C(C)(C)CCC)c2-4)c2cccc(Oc4cc(C(C)(C)CCC)c(OC)cc4C(C)(C)CCC)c32)c(C(C)(C)CCC)cc1OC. The van der Waals surface area contributed by atoms with Crippen LogP contribution in [0, 0.1) is 0 Å². The van der Waals surface area contributed by atoms with Crippen LogP contribution in [0.2, 0.25) is 0 Å². The van der Waals surface area contributed by atoms with E-state index in [1.807, 2.05) is 48.5 Å². The van der Waals surface area contributed by atoms with Crippen molar-refractivity contribution in [2.75, 3.05) is 28.4 Å². The fourth-order valence-electron chi connectivity index (χ4n) is 20.2. The van der Waals surface area contributed by atoms with Gasteiger partial charge in [-0.2, -0.15) is 0 Å². The van der Waals surface area contributed by atoms with Gasteiger partial charge in [0, 0.05) is 66.4 Å². The Kier molecular flexibility index (Phi) is 26.4. The number of hydrogen-bond donors (Lipinski definition) is 2. The molecule has 16 heteroatoms. The normalized spacial score (nSPS) is 12.9. The van der Waals surface area contributed by atoms with E-state index in [4.69, 9.17) is 67.8 Å². The number of benzene rings is 8. The molecule has 2 aliphatic rings. The Balaban J connectivity index is 1.19. The van der Waals surface area contributed by atoms with Crippen molar-refractivity contribution in [1.82, 2.24) is 39.9 Å². The van der Waals surface area contributed by atoms with E-state index in [-0.39, 0.29) is 43.3 Å². The van der Waals surface area contributed by atoms with E-state index < -0.39 is 0 Å². The third kappa shape index (κ3) is 17.7. The zero-order valence-electron chi connectivity index (χ0n) is 79.8. The summed E-state index contributed by atoms with van der Waals surface area (Å²) in [5, 5.41) is 2.79. The van der Waals surface area contributed by atoms with Crippen molar-refractivity contribution in [3.63, 3.8) is 0 Å². The van der Waals surface area contributed by atoms with Crippen LogP contribution in [-0.2, 0) is 43.3 Å². The van der Waals surface area contributed by atoms with Gasteiger partial charge in [-0.05, 0) is 167 Å². The topological polar surface area (TPSA) is 183 Å². The molecule has 0 saturated carbocycles. The summed E-state index contributed by atoms with van der Waals surface area (Å²) in [6.07, 6.45) is 15.1. The van der Waals surface area contributed by atoms with Crippen molar-refractivity contribution in [3.05, 3.63) is 166 Å². The van der Waals surface area contributed by atoms with E-state index in [0.717, 1.165) is 204 Å².